The van der Waals surface area contributed by atoms with Crippen LogP contribution < -0.4 is 4.74 Å². The number of rotatable bonds is 3. The fourth-order valence-corrected chi connectivity index (χ4v) is 0.965. The van der Waals surface area contributed by atoms with E-state index >= 15 is 0 Å². The third-order valence-electron chi connectivity index (χ3n) is 1.62. The first kappa shape index (κ1) is 10.5. The molecule has 1 rings (SSSR count). The predicted octanol–water partition coefficient (Wildman–Crippen LogP) is 2.63. The molecule has 0 unspecified atom stereocenters. The van der Waals surface area contributed by atoms with Crippen molar-refractivity contribution in [1.29, 1.82) is 5.26 Å². The zero-order valence-corrected chi connectivity index (χ0v) is 7.68. The Hall–Kier alpha value is -1.63. The molecule has 4 heteroatoms. The maximum Gasteiger partial charge on any atom is 0.201 e. The average molecular weight is 197 g/mol. The summed E-state index contributed by atoms with van der Waals surface area (Å²) in [6.07, 6.45) is 0.667. The van der Waals surface area contributed by atoms with Gasteiger partial charge in [-0.15, -0.1) is 0 Å². The molecule has 0 atom stereocenters. The second kappa shape index (κ2) is 4.56. The molecule has 0 heterocycles. The highest BCUT2D eigenvalue weighted by atomic mass is 19.2. The lowest BCUT2D eigenvalue weighted by Gasteiger charge is -2.07. The number of ether oxygens (including phenoxy) is 1. The zero-order chi connectivity index (χ0) is 10.6. The summed E-state index contributed by atoms with van der Waals surface area (Å²) in [4.78, 5) is 0. The van der Waals surface area contributed by atoms with Crippen LogP contribution >= 0.6 is 0 Å². The van der Waals surface area contributed by atoms with Crippen LogP contribution in [-0.4, -0.2) is 6.61 Å². The lowest BCUT2D eigenvalue weighted by atomic mass is 10.2. The molecule has 0 saturated carbocycles. The fourth-order valence-electron chi connectivity index (χ4n) is 0.965. The topological polar surface area (TPSA) is 33.0 Å². The minimum absolute atomic E-state index is 0.0114. The van der Waals surface area contributed by atoms with Gasteiger partial charge in [-0.05, 0) is 18.6 Å². The molecule has 1 aromatic carbocycles. The van der Waals surface area contributed by atoms with Crippen LogP contribution in [0.15, 0.2) is 12.1 Å². The number of benzene rings is 1. The third-order valence-corrected chi connectivity index (χ3v) is 1.62. The summed E-state index contributed by atoms with van der Waals surface area (Å²) in [6.45, 7) is 2.10. The number of nitrogens with zero attached hydrogens (tertiary/aromatic N) is 1. The number of hydrogen-bond acceptors (Lipinski definition) is 2. The maximum atomic E-state index is 13.1. The van der Waals surface area contributed by atoms with Crippen molar-refractivity contribution in [2.75, 3.05) is 6.61 Å². The average Bonchev–Trinajstić information content (AvgIpc) is 2.20. The Morgan fingerprint density at radius 1 is 1.43 bits per heavy atom. The van der Waals surface area contributed by atoms with E-state index in [2.05, 4.69) is 0 Å². The van der Waals surface area contributed by atoms with E-state index in [-0.39, 0.29) is 17.9 Å². The maximum absolute atomic E-state index is 13.1. The van der Waals surface area contributed by atoms with Gasteiger partial charge in [0.1, 0.15) is 6.07 Å². The van der Waals surface area contributed by atoms with Gasteiger partial charge in [0, 0.05) is 0 Å². The van der Waals surface area contributed by atoms with Crippen LogP contribution in [0.3, 0.4) is 0 Å². The van der Waals surface area contributed by atoms with Crippen LogP contribution in [0.5, 0.6) is 5.75 Å². The van der Waals surface area contributed by atoms with Crippen molar-refractivity contribution in [1.82, 2.24) is 0 Å². The van der Waals surface area contributed by atoms with Crippen molar-refractivity contribution in [2.24, 2.45) is 0 Å². The van der Waals surface area contributed by atoms with Crippen LogP contribution in [0.25, 0.3) is 0 Å². The van der Waals surface area contributed by atoms with Crippen molar-refractivity contribution in [3.8, 4) is 11.8 Å². The molecule has 2 nitrogen and oxygen atoms in total. The lowest BCUT2D eigenvalue weighted by Crippen LogP contribution is -2.01. The molecule has 0 aliphatic carbocycles. The van der Waals surface area contributed by atoms with E-state index in [4.69, 9.17) is 10.00 Å². The van der Waals surface area contributed by atoms with Gasteiger partial charge in [0.15, 0.2) is 11.6 Å². The smallest absolute Gasteiger partial charge is 0.201 e. The summed E-state index contributed by atoms with van der Waals surface area (Å²) >= 11 is 0. The van der Waals surface area contributed by atoms with Crippen molar-refractivity contribution < 1.29 is 13.5 Å². The fraction of sp³-hybridized carbons (Fsp3) is 0.300. The summed E-state index contributed by atoms with van der Waals surface area (Å²) in [6, 6.07) is 3.85. The molecular formula is C10H9F2NO. The number of nitriles is 1. The Labute approximate surface area is 80.7 Å². The van der Waals surface area contributed by atoms with E-state index in [0.29, 0.717) is 6.42 Å². The third kappa shape index (κ3) is 1.99. The molecular weight excluding hydrogens is 188 g/mol. The SMILES string of the molecule is CCCOc1c(C#N)ccc(F)c1F. The van der Waals surface area contributed by atoms with Crippen molar-refractivity contribution in [3.05, 3.63) is 29.3 Å². The zero-order valence-electron chi connectivity index (χ0n) is 7.68. The molecule has 0 N–H and O–H groups in total. The summed E-state index contributed by atoms with van der Waals surface area (Å²) in [5.74, 6) is -2.40. The van der Waals surface area contributed by atoms with Crippen molar-refractivity contribution in [2.45, 2.75) is 13.3 Å². The quantitative estimate of drug-likeness (QED) is 0.746. The lowest BCUT2D eigenvalue weighted by molar-refractivity contribution is 0.294. The monoisotopic (exact) mass is 197 g/mol. The van der Waals surface area contributed by atoms with E-state index in [1.165, 1.54) is 6.07 Å². The Bertz CT molecular complexity index is 371. The molecule has 0 aliphatic rings. The van der Waals surface area contributed by atoms with Gasteiger partial charge in [0.25, 0.3) is 0 Å². The highest BCUT2D eigenvalue weighted by molar-refractivity contribution is 5.44. The molecule has 1 aromatic rings. The van der Waals surface area contributed by atoms with E-state index < -0.39 is 11.6 Å². The minimum Gasteiger partial charge on any atom is -0.489 e. The van der Waals surface area contributed by atoms with Gasteiger partial charge >= 0.3 is 0 Å². The van der Waals surface area contributed by atoms with Gasteiger partial charge in [-0.3, -0.25) is 0 Å². The number of hydrogen-bond donors (Lipinski definition) is 0. The van der Waals surface area contributed by atoms with E-state index in [1.807, 2.05) is 6.92 Å². The Morgan fingerprint density at radius 2 is 2.14 bits per heavy atom. The largest absolute Gasteiger partial charge is 0.489 e. The molecule has 0 radical (unpaired) electrons. The van der Waals surface area contributed by atoms with Gasteiger partial charge in [0.2, 0.25) is 5.82 Å². The Kier molecular flexibility index (Phi) is 3.41. The molecule has 0 spiro atoms. The molecule has 0 amide bonds. The highest BCUT2D eigenvalue weighted by Gasteiger charge is 2.14. The molecule has 14 heavy (non-hydrogen) atoms. The van der Waals surface area contributed by atoms with E-state index in [9.17, 15) is 8.78 Å². The van der Waals surface area contributed by atoms with Gasteiger partial charge in [-0.2, -0.15) is 9.65 Å². The first-order chi connectivity index (χ1) is 6.70. The second-order valence-electron chi connectivity index (χ2n) is 2.70. The molecule has 0 aromatic heterocycles. The van der Waals surface area contributed by atoms with Crippen LogP contribution in [-0.2, 0) is 0 Å². The first-order valence-electron chi connectivity index (χ1n) is 4.21. The van der Waals surface area contributed by atoms with Gasteiger partial charge in [0.05, 0.1) is 12.2 Å². The second-order valence-corrected chi connectivity index (χ2v) is 2.70. The van der Waals surface area contributed by atoms with Gasteiger partial charge in [-0.25, -0.2) is 4.39 Å². The van der Waals surface area contributed by atoms with E-state index in [1.54, 1.807) is 6.07 Å². The predicted molar refractivity (Wildman–Crippen MR) is 46.9 cm³/mol. The number of halogens is 2. The van der Waals surface area contributed by atoms with Crippen molar-refractivity contribution >= 4 is 0 Å². The standard InChI is InChI=1S/C10H9F2NO/c1-2-5-14-10-7(6-13)3-4-8(11)9(10)12/h3-4H,2,5H2,1H3. The Balaban J connectivity index is 3.09. The molecule has 0 saturated heterocycles. The highest BCUT2D eigenvalue weighted by Crippen LogP contribution is 2.24. The van der Waals surface area contributed by atoms with Crippen LogP contribution in [0.4, 0.5) is 8.78 Å². The first-order valence-corrected chi connectivity index (χ1v) is 4.21. The van der Waals surface area contributed by atoms with Crippen LogP contribution in [0.1, 0.15) is 18.9 Å². The van der Waals surface area contributed by atoms with Crippen molar-refractivity contribution in [3.63, 3.8) is 0 Å². The van der Waals surface area contributed by atoms with Gasteiger partial charge < -0.3 is 4.74 Å². The molecule has 0 bridgehead atoms. The normalized spacial score (nSPS) is 9.57. The molecule has 0 aliphatic heterocycles. The minimum atomic E-state index is -1.10. The summed E-state index contributed by atoms with van der Waals surface area (Å²) in [5, 5.41) is 8.61. The Morgan fingerprint density at radius 3 is 2.71 bits per heavy atom. The summed E-state index contributed by atoms with van der Waals surface area (Å²) < 4.78 is 30.8. The van der Waals surface area contributed by atoms with Crippen LogP contribution in [0.2, 0.25) is 0 Å². The molecule has 74 valence electrons. The summed E-state index contributed by atoms with van der Waals surface area (Å²) in [5.41, 5.74) is 0.0114. The van der Waals surface area contributed by atoms with Gasteiger partial charge in [-0.1, -0.05) is 6.92 Å². The van der Waals surface area contributed by atoms with Crippen LogP contribution in [0, 0.1) is 23.0 Å². The molecule has 0 fully saturated rings. The van der Waals surface area contributed by atoms with E-state index in [0.717, 1.165) is 6.07 Å². The summed E-state index contributed by atoms with van der Waals surface area (Å²) in [7, 11) is 0.